The minimum atomic E-state index is -8.05. The highest BCUT2D eigenvalue weighted by Crippen LogP contribution is 2.39. The zero-order chi connectivity index (χ0) is 37.2. The third kappa shape index (κ3) is 13.0. The molecular weight excluding hydrogens is 807 g/mol. The summed E-state index contributed by atoms with van der Waals surface area (Å²) in [5.74, 6) is 0. The summed E-state index contributed by atoms with van der Waals surface area (Å²) in [6.45, 7) is -1.43. The molecule has 0 saturated heterocycles. The first-order valence-electron chi connectivity index (χ1n) is 10.3. The fraction of sp³-hybridized carbons (Fsp3) is 0.500. The SMILES string of the molecule is C[Si](C)(C)[O+]=Cc1ccc(Cl)cc1.O=S(=O)(O[B-](OS(=O)(=O)C(F)(F)F)(OS(=O)(=O)C(F)(F)F)OS(=O)(=O)C(F)(F)F)C(F)(F)F. The van der Waals surface area contributed by atoms with E-state index in [1.807, 2.05) is 30.6 Å². The average molecular weight is 821 g/mol. The Morgan fingerprint density at radius 3 is 1.02 bits per heavy atom. The van der Waals surface area contributed by atoms with Crippen molar-refractivity contribution in [2.75, 3.05) is 0 Å². The number of rotatable bonds is 10. The van der Waals surface area contributed by atoms with Gasteiger partial charge in [0.15, 0.2) is 0 Å². The molecule has 0 bridgehead atoms. The molecule has 46 heavy (non-hydrogen) atoms. The molecule has 0 spiro atoms. The van der Waals surface area contributed by atoms with Crippen molar-refractivity contribution >= 4 is 73.6 Å². The maximum atomic E-state index is 12.4. The van der Waals surface area contributed by atoms with E-state index in [9.17, 15) is 86.4 Å². The van der Waals surface area contributed by atoms with E-state index in [-0.39, 0.29) is 0 Å². The molecule has 0 atom stereocenters. The van der Waals surface area contributed by atoms with Gasteiger partial charge in [-0.1, -0.05) is 11.6 Å². The lowest BCUT2D eigenvalue weighted by molar-refractivity contribution is -0.0922. The third-order valence-electron chi connectivity index (χ3n) is 3.53. The monoisotopic (exact) mass is 820 g/mol. The molecule has 0 aliphatic rings. The van der Waals surface area contributed by atoms with Crippen LogP contribution in [0.2, 0.25) is 24.7 Å². The van der Waals surface area contributed by atoms with Gasteiger partial charge in [-0.15, -0.1) is 0 Å². The van der Waals surface area contributed by atoms with Gasteiger partial charge in [0.1, 0.15) is 0 Å². The molecule has 1 aromatic rings. The second kappa shape index (κ2) is 14.0. The molecule has 1 rings (SSSR count). The highest BCUT2D eigenvalue weighted by Gasteiger charge is 2.64. The fourth-order valence-electron chi connectivity index (χ4n) is 1.72. The van der Waals surface area contributed by atoms with Gasteiger partial charge in [0.2, 0.25) is 0 Å². The van der Waals surface area contributed by atoms with Crippen LogP contribution in [0.3, 0.4) is 0 Å². The lowest BCUT2D eigenvalue weighted by Gasteiger charge is -2.37. The first-order valence-corrected chi connectivity index (χ1v) is 19.7. The van der Waals surface area contributed by atoms with Crippen LogP contribution in [0.4, 0.5) is 52.7 Å². The third-order valence-corrected chi connectivity index (χ3v) is 8.83. The van der Waals surface area contributed by atoms with Crippen LogP contribution in [0.5, 0.6) is 0 Å². The van der Waals surface area contributed by atoms with Gasteiger partial charge in [-0.3, -0.25) is 0 Å². The number of hydrogen-bond donors (Lipinski definition) is 0. The maximum Gasteiger partial charge on any atom is 0.587 e. The summed E-state index contributed by atoms with van der Waals surface area (Å²) in [7, 11) is -33.6. The number of halogens is 13. The molecule has 0 aliphatic heterocycles. The van der Waals surface area contributed by atoms with Crippen LogP contribution >= 0.6 is 11.6 Å². The molecule has 32 heteroatoms. The van der Waals surface area contributed by atoms with Crippen LogP contribution in [0.15, 0.2) is 24.3 Å². The summed E-state index contributed by atoms with van der Waals surface area (Å²) in [6.07, 6.45) is 1.81. The lowest BCUT2D eigenvalue weighted by Crippen LogP contribution is -2.59. The quantitative estimate of drug-likeness (QED) is 0.107. The second-order valence-electron chi connectivity index (χ2n) is 8.46. The van der Waals surface area contributed by atoms with Gasteiger partial charge in [0.25, 0.3) is 6.29 Å². The molecule has 0 unspecified atom stereocenters. The Kier molecular flexibility index (Phi) is 13.5. The van der Waals surface area contributed by atoms with Crippen molar-refractivity contribution in [3.63, 3.8) is 0 Å². The number of alkyl halides is 12. The highest BCUT2D eigenvalue weighted by atomic mass is 35.5. The number of aldehydes is 1. The van der Waals surface area contributed by atoms with E-state index in [2.05, 4.69) is 36.0 Å². The van der Waals surface area contributed by atoms with E-state index in [4.69, 9.17) is 15.7 Å². The molecule has 0 fully saturated rings. The molecule has 0 heterocycles. The Bertz CT molecular complexity index is 1490. The summed E-state index contributed by atoms with van der Waals surface area (Å²) in [4.78, 5) is 0. The predicted octanol–water partition coefficient (Wildman–Crippen LogP) is 4.41. The van der Waals surface area contributed by atoms with Crippen molar-refractivity contribution in [2.24, 2.45) is 0 Å². The predicted molar refractivity (Wildman–Crippen MR) is 130 cm³/mol. The van der Waals surface area contributed by atoms with E-state index in [0.29, 0.717) is 0 Å². The second-order valence-corrected chi connectivity index (χ2v) is 19.6. The van der Waals surface area contributed by atoms with Gasteiger partial charge in [-0.25, -0.2) is 0 Å². The van der Waals surface area contributed by atoms with E-state index < -0.39 is 77.8 Å². The summed E-state index contributed by atoms with van der Waals surface area (Å²) in [5, 5.41) is 0.755. The molecule has 13 nitrogen and oxygen atoms in total. The molecule has 0 aliphatic carbocycles. The maximum absolute atomic E-state index is 12.4. The summed E-state index contributed by atoms with van der Waals surface area (Å²) < 4.78 is 250. The van der Waals surface area contributed by atoms with Crippen LogP contribution in [-0.4, -0.2) is 77.3 Å². The minimum absolute atomic E-state index is 0.755. The Labute approximate surface area is 256 Å². The van der Waals surface area contributed by atoms with E-state index in [1.54, 1.807) is 0 Å². The van der Waals surface area contributed by atoms with Gasteiger partial charge in [-0.2, -0.15) is 86.4 Å². The van der Waals surface area contributed by atoms with Crippen molar-refractivity contribution in [3.05, 3.63) is 34.9 Å². The molecule has 0 radical (unpaired) electrons. The van der Waals surface area contributed by atoms with Crippen molar-refractivity contribution in [3.8, 4) is 0 Å². The van der Waals surface area contributed by atoms with Crippen LogP contribution in [-0.2, 0) is 56.9 Å². The minimum Gasteiger partial charge on any atom is -0.398 e. The van der Waals surface area contributed by atoms with Crippen molar-refractivity contribution in [1.29, 1.82) is 0 Å². The van der Waals surface area contributed by atoms with Crippen molar-refractivity contribution in [2.45, 2.75) is 41.7 Å². The normalized spacial score (nSPS) is 15.0. The standard InChI is InChI=1S/C10H14ClOSi.C4BF12O12S4/c1-13(2,3)12-8-9-4-6-10(11)7-5-9;6-1(7,8)30(18,19)26-5(27-31(20,21)2(9,10)11,28-32(22,23)3(12,13)14)29-33(24,25)4(15,16)17/h4-8H,1-3H3;/q+1;-1. The van der Waals surface area contributed by atoms with Gasteiger partial charge in [0.05, 0.1) is 5.56 Å². The van der Waals surface area contributed by atoms with Gasteiger partial charge in [-0.05, 0) is 24.3 Å². The van der Waals surface area contributed by atoms with E-state index >= 15 is 0 Å². The first-order chi connectivity index (χ1) is 19.8. The van der Waals surface area contributed by atoms with Crippen LogP contribution in [0.25, 0.3) is 0 Å². The Morgan fingerprint density at radius 2 is 0.826 bits per heavy atom. The van der Waals surface area contributed by atoms with Crippen molar-refractivity contribution in [1.82, 2.24) is 0 Å². The summed E-state index contributed by atoms with van der Waals surface area (Å²) >= 11 is 5.76. The molecule has 0 amide bonds. The Morgan fingerprint density at radius 1 is 0.587 bits per heavy atom. The molecule has 270 valence electrons. The Balaban J connectivity index is 0.00000128. The largest absolute Gasteiger partial charge is 0.587 e. The molecule has 1 aromatic carbocycles. The summed E-state index contributed by atoms with van der Waals surface area (Å²) in [5.41, 5.74) is -27.5. The average Bonchev–Trinajstić information content (AvgIpc) is 2.74. The molecule has 0 N–H and O–H groups in total. The van der Waals surface area contributed by atoms with Crippen LogP contribution in [0.1, 0.15) is 9.68 Å². The smallest absolute Gasteiger partial charge is 0.398 e. The summed E-state index contributed by atoms with van der Waals surface area (Å²) in [6, 6.07) is 7.62. The number of benzene rings is 1. The highest BCUT2D eigenvalue weighted by molar-refractivity contribution is 7.93. The first kappa shape index (κ1) is 44.3. The van der Waals surface area contributed by atoms with Crippen LogP contribution < -0.4 is 0 Å². The number of hydrogen-bond acceptors (Lipinski definition) is 12. The van der Waals surface area contributed by atoms with Gasteiger partial charge < -0.3 is 20.5 Å². The Hall–Kier alpha value is -1.74. The van der Waals surface area contributed by atoms with E-state index in [1.165, 1.54) is 0 Å². The molecule has 0 aromatic heterocycles. The van der Waals surface area contributed by atoms with E-state index in [0.717, 1.165) is 10.6 Å². The van der Waals surface area contributed by atoms with Gasteiger partial charge >= 0.3 is 77.8 Å². The van der Waals surface area contributed by atoms with Crippen LogP contribution in [0, 0.1) is 0 Å². The topological polar surface area (TPSA) is 185 Å². The zero-order valence-corrected chi connectivity index (χ0v) is 26.8. The van der Waals surface area contributed by atoms with Crippen molar-refractivity contribution < 1.29 is 107 Å². The zero-order valence-electron chi connectivity index (χ0n) is 21.8. The molecular formula is C14H14BClF12O13S4Si. The number of carbonyl (C=O) groups excluding carboxylic acids is 1. The lowest BCUT2D eigenvalue weighted by atomic mass is 10.1. The molecule has 0 saturated carbocycles. The van der Waals surface area contributed by atoms with Gasteiger partial charge in [0, 0.05) is 24.7 Å². The fourth-order valence-corrected chi connectivity index (χ4v) is 4.78.